The highest BCUT2D eigenvalue weighted by Crippen LogP contribution is 2.27. The van der Waals surface area contributed by atoms with Crippen LogP contribution in [0.4, 0.5) is 0 Å². The number of aliphatic hydroxyl groups is 1. The van der Waals surface area contributed by atoms with E-state index in [-0.39, 0.29) is 12.5 Å². The zero-order valence-electron chi connectivity index (χ0n) is 10.8. The summed E-state index contributed by atoms with van der Waals surface area (Å²) in [6, 6.07) is 7.70. The van der Waals surface area contributed by atoms with E-state index in [1.165, 1.54) is 0 Å². The Morgan fingerprint density at radius 3 is 3.05 bits per heavy atom. The van der Waals surface area contributed by atoms with Crippen LogP contribution < -0.4 is 10.1 Å². The molecule has 1 aliphatic heterocycles. The number of hydrogen-bond acceptors (Lipinski definition) is 4. The topological polar surface area (TPSA) is 67.8 Å². The van der Waals surface area contributed by atoms with Crippen molar-refractivity contribution < 1.29 is 19.4 Å². The van der Waals surface area contributed by atoms with Crippen LogP contribution in [0, 0.1) is 0 Å². The SMILES string of the molecule is O=C(NCCCOCCO)C1Cc2ccccc2O1. The van der Waals surface area contributed by atoms with Crippen molar-refractivity contribution in [1.82, 2.24) is 5.32 Å². The highest BCUT2D eigenvalue weighted by Gasteiger charge is 2.28. The highest BCUT2D eigenvalue weighted by molar-refractivity contribution is 5.82. The molecule has 104 valence electrons. The molecular formula is C14H19NO4. The predicted octanol–water partition coefficient (Wildman–Crippen LogP) is 0.505. The van der Waals surface area contributed by atoms with E-state index >= 15 is 0 Å². The van der Waals surface area contributed by atoms with Gasteiger partial charge in [-0.3, -0.25) is 4.79 Å². The Balaban J connectivity index is 1.66. The number of rotatable bonds is 7. The number of carbonyl (C=O) groups is 1. The molecule has 0 saturated heterocycles. The van der Waals surface area contributed by atoms with Gasteiger partial charge in [0.15, 0.2) is 6.10 Å². The molecule has 0 radical (unpaired) electrons. The summed E-state index contributed by atoms with van der Waals surface area (Å²) in [5, 5.41) is 11.4. The molecule has 1 atom stereocenters. The van der Waals surface area contributed by atoms with Crippen molar-refractivity contribution in [3.63, 3.8) is 0 Å². The molecule has 5 nitrogen and oxygen atoms in total. The second-order valence-electron chi connectivity index (χ2n) is 4.40. The molecule has 1 amide bonds. The van der Waals surface area contributed by atoms with Crippen molar-refractivity contribution in [2.75, 3.05) is 26.4 Å². The Labute approximate surface area is 112 Å². The van der Waals surface area contributed by atoms with Gasteiger partial charge in [0.05, 0.1) is 13.2 Å². The third-order valence-electron chi connectivity index (χ3n) is 2.94. The fourth-order valence-electron chi connectivity index (χ4n) is 1.99. The largest absolute Gasteiger partial charge is 0.480 e. The van der Waals surface area contributed by atoms with Gasteiger partial charge in [0, 0.05) is 19.6 Å². The molecule has 0 saturated carbocycles. The number of benzene rings is 1. The number of amides is 1. The minimum atomic E-state index is -0.421. The fraction of sp³-hybridized carbons (Fsp3) is 0.500. The maximum absolute atomic E-state index is 11.9. The quantitative estimate of drug-likeness (QED) is 0.705. The summed E-state index contributed by atoms with van der Waals surface area (Å²) in [6.45, 7) is 1.46. The normalized spacial score (nSPS) is 16.8. The first kappa shape index (κ1) is 13.8. The van der Waals surface area contributed by atoms with E-state index < -0.39 is 6.10 Å². The van der Waals surface area contributed by atoms with Gasteiger partial charge in [-0.15, -0.1) is 0 Å². The average Bonchev–Trinajstić information content (AvgIpc) is 2.86. The second-order valence-corrected chi connectivity index (χ2v) is 4.40. The summed E-state index contributed by atoms with van der Waals surface area (Å²) < 4.78 is 10.7. The molecular weight excluding hydrogens is 246 g/mol. The second kappa shape index (κ2) is 7.11. The maximum Gasteiger partial charge on any atom is 0.261 e. The van der Waals surface area contributed by atoms with Crippen molar-refractivity contribution >= 4 is 5.91 Å². The Hall–Kier alpha value is -1.59. The zero-order valence-corrected chi connectivity index (χ0v) is 10.8. The average molecular weight is 265 g/mol. The molecule has 0 bridgehead atoms. The molecule has 2 rings (SSSR count). The third-order valence-corrected chi connectivity index (χ3v) is 2.94. The number of aliphatic hydroxyl groups excluding tert-OH is 1. The lowest BCUT2D eigenvalue weighted by Gasteiger charge is -2.11. The van der Waals surface area contributed by atoms with Gasteiger partial charge >= 0.3 is 0 Å². The Bertz CT molecular complexity index is 397. The van der Waals surface area contributed by atoms with Crippen LogP contribution in [0.5, 0.6) is 5.75 Å². The summed E-state index contributed by atoms with van der Waals surface area (Å²) in [7, 11) is 0. The standard InChI is InChI=1S/C14H19NO4/c16-7-9-18-8-3-6-15-14(17)13-10-11-4-1-2-5-12(11)19-13/h1-2,4-5,13,16H,3,6-10H2,(H,15,17). The summed E-state index contributed by atoms with van der Waals surface area (Å²) in [6.07, 6.45) is 0.935. The lowest BCUT2D eigenvalue weighted by Crippen LogP contribution is -2.38. The van der Waals surface area contributed by atoms with E-state index in [1.807, 2.05) is 24.3 Å². The van der Waals surface area contributed by atoms with E-state index in [4.69, 9.17) is 14.6 Å². The molecule has 1 aromatic carbocycles. The predicted molar refractivity (Wildman–Crippen MR) is 70.1 cm³/mol. The minimum absolute atomic E-state index is 0.0283. The molecule has 2 N–H and O–H groups in total. The summed E-state index contributed by atoms with van der Waals surface area (Å²) in [5.41, 5.74) is 1.08. The monoisotopic (exact) mass is 265 g/mol. The number of ether oxygens (including phenoxy) is 2. The Morgan fingerprint density at radius 2 is 2.26 bits per heavy atom. The van der Waals surface area contributed by atoms with Crippen molar-refractivity contribution in [3.05, 3.63) is 29.8 Å². The Morgan fingerprint density at radius 1 is 1.42 bits per heavy atom. The Kier molecular flexibility index (Phi) is 5.18. The number of para-hydroxylation sites is 1. The van der Waals surface area contributed by atoms with Crippen LogP contribution in [0.1, 0.15) is 12.0 Å². The van der Waals surface area contributed by atoms with Crippen LogP contribution in [0.15, 0.2) is 24.3 Å². The van der Waals surface area contributed by atoms with Crippen LogP contribution in [-0.4, -0.2) is 43.5 Å². The summed E-state index contributed by atoms with van der Waals surface area (Å²) in [5.74, 6) is 0.715. The van der Waals surface area contributed by atoms with E-state index in [0.29, 0.717) is 26.2 Å². The van der Waals surface area contributed by atoms with Crippen LogP contribution in [0.3, 0.4) is 0 Å². The van der Waals surface area contributed by atoms with Gasteiger partial charge in [-0.2, -0.15) is 0 Å². The van der Waals surface area contributed by atoms with Crippen LogP contribution >= 0.6 is 0 Å². The molecule has 1 aromatic rings. The van der Waals surface area contributed by atoms with E-state index in [2.05, 4.69) is 5.32 Å². The van der Waals surface area contributed by atoms with Gasteiger partial charge in [-0.05, 0) is 18.1 Å². The number of carbonyl (C=O) groups excluding carboxylic acids is 1. The molecule has 1 aliphatic rings. The van der Waals surface area contributed by atoms with Crippen LogP contribution in [0.2, 0.25) is 0 Å². The first-order valence-electron chi connectivity index (χ1n) is 6.52. The van der Waals surface area contributed by atoms with Gasteiger partial charge in [0.1, 0.15) is 5.75 Å². The van der Waals surface area contributed by atoms with Crippen molar-refractivity contribution in [1.29, 1.82) is 0 Å². The maximum atomic E-state index is 11.9. The fourth-order valence-corrected chi connectivity index (χ4v) is 1.99. The van der Waals surface area contributed by atoms with Crippen LogP contribution in [-0.2, 0) is 16.0 Å². The van der Waals surface area contributed by atoms with E-state index in [0.717, 1.165) is 17.7 Å². The molecule has 19 heavy (non-hydrogen) atoms. The smallest absolute Gasteiger partial charge is 0.261 e. The zero-order chi connectivity index (χ0) is 13.5. The minimum Gasteiger partial charge on any atom is -0.480 e. The molecule has 5 heteroatoms. The number of nitrogens with one attached hydrogen (secondary N) is 1. The van der Waals surface area contributed by atoms with Gasteiger partial charge in [-0.1, -0.05) is 18.2 Å². The van der Waals surface area contributed by atoms with Crippen molar-refractivity contribution in [3.8, 4) is 5.75 Å². The van der Waals surface area contributed by atoms with E-state index in [1.54, 1.807) is 0 Å². The number of fused-ring (bicyclic) bond motifs is 1. The van der Waals surface area contributed by atoms with Crippen LogP contribution in [0.25, 0.3) is 0 Å². The lowest BCUT2D eigenvalue weighted by atomic mass is 10.1. The molecule has 1 unspecified atom stereocenters. The molecule has 0 spiro atoms. The lowest BCUT2D eigenvalue weighted by molar-refractivity contribution is -0.127. The third kappa shape index (κ3) is 3.94. The van der Waals surface area contributed by atoms with Gasteiger partial charge in [0.25, 0.3) is 5.91 Å². The highest BCUT2D eigenvalue weighted by atomic mass is 16.5. The molecule has 1 heterocycles. The first-order chi connectivity index (χ1) is 9.31. The molecule has 0 aliphatic carbocycles. The molecule has 0 fully saturated rings. The van der Waals surface area contributed by atoms with Gasteiger partial charge < -0.3 is 19.9 Å². The van der Waals surface area contributed by atoms with Crippen molar-refractivity contribution in [2.24, 2.45) is 0 Å². The summed E-state index contributed by atoms with van der Waals surface area (Å²) >= 11 is 0. The van der Waals surface area contributed by atoms with Crippen molar-refractivity contribution in [2.45, 2.75) is 18.9 Å². The van der Waals surface area contributed by atoms with Gasteiger partial charge in [-0.25, -0.2) is 0 Å². The van der Waals surface area contributed by atoms with Gasteiger partial charge in [0.2, 0.25) is 0 Å². The summed E-state index contributed by atoms with van der Waals surface area (Å²) in [4.78, 5) is 11.9. The number of hydrogen-bond donors (Lipinski definition) is 2. The first-order valence-corrected chi connectivity index (χ1v) is 6.52. The molecule has 0 aromatic heterocycles. The van der Waals surface area contributed by atoms with E-state index in [9.17, 15) is 4.79 Å².